The molecule has 0 unspecified atom stereocenters. The Balaban J connectivity index is 1.59. The van der Waals surface area contributed by atoms with Crippen LogP contribution in [0, 0.1) is 0 Å². The predicted molar refractivity (Wildman–Crippen MR) is 89.8 cm³/mol. The molecule has 2 aromatic rings. The van der Waals surface area contributed by atoms with Crippen LogP contribution in [0.25, 0.3) is 0 Å². The minimum absolute atomic E-state index is 0.262. The van der Waals surface area contributed by atoms with Crippen LogP contribution in [0.5, 0.6) is 0 Å². The van der Waals surface area contributed by atoms with Crippen molar-refractivity contribution in [1.29, 1.82) is 0 Å². The summed E-state index contributed by atoms with van der Waals surface area (Å²) in [6.45, 7) is 0.241. The quantitative estimate of drug-likeness (QED) is 0.469. The van der Waals surface area contributed by atoms with Gasteiger partial charge in [-0.1, -0.05) is 17.7 Å². The lowest BCUT2D eigenvalue weighted by Gasteiger charge is -2.06. The fraction of sp³-hybridized carbons (Fsp3) is 0.200. The van der Waals surface area contributed by atoms with E-state index in [0.29, 0.717) is 16.4 Å². The number of carbonyl (C=O) groups excluding carboxylic acids is 2. The molecular weight excluding hydrogens is 342 g/mol. The van der Waals surface area contributed by atoms with Crippen molar-refractivity contribution in [1.82, 2.24) is 5.32 Å². The largest absolute Gasteiger partial charge is 0.451 e. The van der Waals surface area contributed by atoms with E-state index in [4.69, 9.17) is 16.3 Å². The Morgan fingerprint density at radius 2 is 2.00 bits per heavy atom. The maximum atomic E-state index is 11.6. The standard InChI is InChI=1S/C15H14ClNO3S2/c16-11-3-5-12(6-4-11)21-9-7-17-14(18)10-20-15(19)13-2-1-8-22-13/h1-6,8H,7,9-10H2,(H,17,18). The summed E-state index contributed by atoms with van der Waals surface area (Å²) in [7, 11) is 0. The van der Waals surface area contributed by atoms with E-state index in [0.717, 1.165) is 10.6 Å². The minimum atomic E-state index is -0.472. The molecule has 1 heterocycles. The van der Waals surface area contributed by atoms with Crippen LogP contribution in [0.4, 0.5) is 0 Å². The molecule has 1 aromatic heterocycles. The highest BCUT2D eigenvalue weighted by Crippen LogP contribution is 2.19. The molecular formula is C15H14ClNO3S2. The van der Waals surface area contributed by atoms with Crippen molar-refractivity contribution in [3.05, 3.63) is 51.7 Å². The number of thioether (sulfide) groups is 1. The molecule has 2 rings (SSSR count). The smallest absolute Gasteiger partial charge is 0.348 e. The highest BCUT2D eigenvalue weighted by Gasteiger charge is 2.10. The van der Waals surface area contributed by atoms with E-state index < -0.39 is 5.97 Å². The van der Waals surface area contributed by atoms with Crippen molar-refractivity contribution in [2.75, 3.05) is 18.9 Å². The van der Waals surface area contributed by atoms with Crippen LogP contribution < -0.4 is 5.32 Å². The van der Waals surface area contributed by atoms with Crippen molar-refractivity contribution >= 4 is 46.6 Å². The molecule has 7 heteroatoms. The molecule has 0 fully saturated rings. The van der Waals surface area contributed by atoms with Gasteiger partial charge >= 0.3 is 5.97 Å². The molecule has 0 saturated carbocycles. The second-order valence-corrected chi connectivity index (χ2v) is 6.76. The monoisotopic (exact) mass is 355 g/mol. The number of halogens is 1. The summed E-state index contributed by atoms with van der Waals surface area (Å²) in [5.41, 5.74) is 0. The second-order valence-electron chi connectivity index (χ2n) is 4.21. The lowest BCUT2D eigenvalue weighted by Crippen LogP contribution is -2.30. The number of hydrogen-bond acceptors (Lipinski definition) is 5. The van der Waals surface area contributed by atoms with Gasteiger partial charge in [0, 0.05) is 22.2 Å². The summed E-state index contributed by atoms with van der Waals surface area (Å²) in [6, 6.07) is 10.9. The Morgan fingerprint density at radius 3 is 2.68 bits per heavy atom. The van der Waals surface area contributed by atoms with Gasteiger partial charge < -0.3 is 10.1 Å². The van der Waals surface area contributed by atoms with E-state index in [9.17, 15) is 9.59 Å². The number of rotatable bonds is 7. The first-order chi connectivity index (χ1) is 10.6. The van der Waals surface area contributed by atoms with Gasteiger partial charge in [0.15, 0.2) is 6.61 Å². The Labute approximate surface area is 141 Å². The number of ether oxygens (including phenoxy) is 1. The van der Waals surface area contributed by atoms with E-state index in [-0.39, 0.29) is 12.5 Å². The molecule has 22 heavy (non-hydrogen) atoms. The first-order valence-corrected chi connectivity index (χ1v) is 8.75. The van der Waals surface area contributed by atoms with Crippen molar-refractivity contribution < 1.29 is 14.3 Å². The fourth-order valence-corrected chi connectivity index (χ4v) is 3.05. The SMILES string of the molecule is O=C(COC(=O)c1cccs1)NCCSc1ccc(Cl)cc1. The molecule has 116 valence electrons. The molecule has 0 aliphatic rings. The first-order valence-electron chi connectivity index (χ1n) is 6.51. The molecule has 1 aromatic carbocycles. The number of esters is 1. The third-order valence-electron chi connectivity index (χ3n) is 2.56. The van der Waals surface area contributed by atoms with Crippen molar-refractivity contribution in [3.63, 3.8) is 0 Å². The lowest BCUT2D eigenvalue weighted by atomic mass is 10.4. The average molecular weight is 356 g/mol. The van der Waals surface area contributed by atoms with Gasteiger partial charge in [-0.15, -0.1) is 23.1 Å². The van der Waals surface area contributed by atoms with Crippen LogP contribution in [0.1, 0.15) is 9.67 Å². The van der Waals surface area contributed by atoms with Gasteiger partial charge in [0.05, 0.1) is 0 Å². The molecule has 0 radical (unpaired) electrons. The summed E-state index contributed by atoms with van der Waals surface area (Å²) in [5.74, 6) is -0.0472. The van der Waals surface area contributed by atoms with Crippen LogP contribution in [0.2, 0.25) is 5.02 Å². The van der Waals surface area contributed by atoms with Gasteiger partial charge in [0.25, 0.3) is 5.91 Å². The van der Waals surface area contributed by atoms with E-state index in [1.165, 1.54) is 11.3 Å². The van der Waals surface area contributed by atoms with E-state index in [2.05, 4.69) is 5.32 Å². The minimum Gasteiger partial charge on any atom is -0.451 e. The van der Waals surface area contributed by atoms with Crippen LogP contribution in [0.3, 0.4) is 0 Å². The zero-order valence-corrected chi connectivity index (χ0v) is 14.0. The summed E-state index contributed by atoms with van der Waals surface area (Å²) < 4.78 is 4.91. The Kier molecular flexibility index (Phi) is 6.76. The number of nitrogens with one attached hydrogen (secondary N) is 1. The molecule has 0 bridgehead atoms. The van der Waals surface area contributed by atoms with Crippen LogP contribution in [0.15, 0.2) is 46.7 Å². The Bertz CT molecular complexity index is 614. The van der Waals surface area contributed by atoms with Gasteiger partial charge in [0.2, 0.25) is 0 Å². The zero-order valence-electron chi connectivity index (χ0n) is 11.6. The molecule has 1 amide bonds. The Morgan fingerprint density at radius 1 is 1.23 bits per heavy atom. The van der Waals surface area contributed by atoms with Gasteiger partial charge in [-0.3, -0.25) is 4.79 Å². The number of benzene rings is 1. The lowest BCUT2D eigenvalue weighted by molar-refractivity contribution is -0.124. The van der Waals surface area contributed by atoms with E-state index in [1.807, 2.05) is 24.3 Å². The number of hydrogen-bond donors (Lipinski definition) is 1. The Hall–Kier alpha value is -1.50. The number of amides is 1. The summed E-state index contributed by atoms with van der Waals surface area (Å²) >= 11 is 8.70. The summed E-state index contributed by atoms with van der Waals surface area (Å²) in [5, 5.41) is 5.19. The van der Waals surface area contributed by atoms with Gasteiger partial charge in [-0.05, 0) is 35.7 Å². The summed E-state index contributed by atoms with van der Waals surface area (Å²) in [6.07, 6.45) is 0. The molecule has 0 aliphatic heterocycles. The summed E-state index contributed by atoms with van der Waals surface area (Å²) in [4.78, 5) is 24.7. The van der Waals surface area contributed by atoms with E-state index in [1.54, 1.807) is 29.3 Å². The van der Waals surface area contributed by atoms with Crippen molar-refractivity contribution in [2.45, 2.75) is 4.90 Å². The molecule has 0 aliphatic carbocycles. The molecule has 0 saturated heterocycles. The highest BCUT2D eigenvalue weighted by molar-refractivity contribution is 7.99. The molecule has 1 N–H and O–H groups in total. The van der Waals surface area contributed by atoms with Gasteiger partial charge in [0.1, 0.15) is 4.88 Å². The van der Waals surface area contributed by atoms with Gasteiger partial charge in [-0.2, -0.15) is 0 Å². The third-order valence-corrected chi connectivity index (χ3v) is 4.68. The normalized spacial score (nSPS) is 10.2. The maximum absolute atomic E-state index is 11.6. The topological polar surface area (TPSA) is 55.4 Å². The average Bonchev–Trinajstić information content (AvgIpc) is 3.05. The zero-order chi connectivity index (χ0) is 15.8. The molecule has 4 nitrogen and oxygen atoms in total. The van der Waals surface area contributed by atoms with Crippen molar-refractivity contribution in [2.24, 2.45) is 0 Å². The highest BCUT2D eigenvalue weighted by atomic mass is 35.5. The van der Waals surface area contributed by atoms with Gasteiger partial charge in [-0.25, -0.2) is 4.79 Å². The van der Waals surface area contributed by atoms with Crippen LogP contribution >= 0.6 is 34.7 Å². The number of thiophene rings is 1. The van der Waals surface area contributed by atoms with Crippen LogP contribution in [-0.2, 0) is 9.53 Å². The molecule has 0 spiro atoms. The predicted octanol–water partition coefficient (Wildman–Crippen LogP) is 3.47. The fourth-order valence-electron chi connectivity index (χ4n) is 1.54. The maximum Gasteiger partial charge on any atom is 0.348 e. The number of carbonyl (C=O) groups is 2. The van der Waals surface area contributed by atoms with Crippen LogP contribution in [-0.4, -0.2) is 30.8 Å². The van der Waals surface area contributed by atoms with E-state index >= 15 is 0 Å². The third kappa shape index (κ3) is 5.71. The second kappa shape index (κ2) is 8.82. The van der Waals surface area contributed by atoms with Crippen molar-refractivity contribution in [3.8, 4) is 0 Å². The first kappa shape index (κ1) is 16.9. The molecule has 0 atom stereocenters.